The Labute approximate surface area is 126 Å². The molecular formula is C14H16N4O2S. The fourth-order valence-electron chi connectivity index (χ4n) is 1.83. The summed E-state index contributed by atoms with van der Waals surface area (Å²) in [6.07, 6.45) is 0. The first-order chi connectivity index (χ1) is 9.90. The van der Waals surface area contributed by atoms with Crippen molar-refractivity contribution >= 4 is 34.0 Å². The van der Waals surface area contributed by atoms with Crippen molar-refractivity contribution in [3.8, 4) is 0 Å². The van der Waals surface area contributed by atoms with Gasteiger partial charge in [0, 0.05) is 14.1 Å². The predicted molar refractivity (Wildman–Crippen MR) is 83.7 cm³/mol. The highest BCUT2D eigenvalue weighted by Crippen LogP contribution is 2.23. The average Bonchev–Trinajstić information content (AvgIpc) is 2.77. The van der Waals surface area contributed by atoms with E-state index in [1.54, 1.807) is 45.3 Å². The smallest absolute Gasteiger partial charge is 0.267 e. The number of carbonyl (C=O) groups excluding carboxylic acids is 2. The largest absolute Gasteiger partial charge is 0.375 e. The molecule has 2 rings (SSSR count). The summed E-state index contributed by atoms with van der Waals surface area (Å²) in [7, 11) is 3.32. The number of nitrogen functional groups attached to an aromatic ring is 1. The minimum Gasteiger partial charge on any atom is -0.375 e. The molecule has 6 nitrogen and oxygen atoms in total. The predicted octanol–water partition coefficient (Wildman–Crippen LogP) is 1.99. The van der Waals surface area contributed by atoms with E-state index in [0.29, 0.717) is 27.0 Å². The highest BCUT2D eigenvalue weighted by atomic mass is 32.1. The average molecular weight is 304 g/mol. The topological polar surface area (TPSA) is 88.3 Å². The van der Waals surface area contributed by atoms with Crippen LogP contribution >= 0.6 is 11.3 Å². The van der Waals surface area contributed by atoms with Crippen LogP contribution in [0.15, 0.2) is 24.3 Å². The van der Waals surface area contributed by atoms with E-state index >= 15 is 0 Å². The normalized spacial score (nSPS) is 10.2. The van der Waals surface area contributed by atoms with Crippen molar-refractivity contribution in [2.24, 2.45) is 0 Å². The molecule has 2 aromatic rings. The SMILES string of the molecule is Cc1nc(N)sc1C(=O)Nc1ccccc1C(=O)N(C)C. The lowest BCUT2D eigenvalue weighted by molar-refractivity contribution is 0.0828. The maximum Gasteiger partial charge on any atom is 0.267 e. The summed E-state index contributed by atoms with van der Waals surface area (Å²) in [4.78, 5) is 30.3. The van der Waals surface area contributed by atoms with Gasteiger partial charge in [-0.1, -0.05) is 23.5 Å². The van der Waals surface area contributed by atoms with Gasteiger partial charge in [-0.25, -0.2) is 4.98 Å². The fraction of sp³-hybridized carbons (Fsp3) is 0.214. The summed E-state index contributed by atoms with van der Waals surface area (Å²) in [5.41, 5.74) is 7.07. The number of thiazole rings is 1. The molecule has 0 unspecified atom stereocenters. The highest BCUT2D eigenvalue weighted by molar-refractivity contribution is 7.17. The van der Waals surface area contributed by atoms with Crippen LogP contribution in [0.2, 0.25) is 0 Å². The quantitative estimate of drug-likeness (QED) is 0.907. The van der Waals surface area contributed by atoms with Crippen LogP contribution in [0.3, 0.4) is 0 Å². The number of para-hydroxylation sites is 1. The molecule has 0 aliphatic heterocycles. The van der Waals surface area contributed by atoms with Gasteiger partial charge in [-0.05, 0) is 19.1 Å². The highest BCUT2D eigenvalue weighted by Gasteiger charge is 2.18. The first-order valence-electron chi connectivity index (χ1n) is 6.25. The number of aryl methyl sites for hydroxylation is 1. The van der Waals surface area contributed by atoms with E-state index in [4.69, 9.17) is 5.73 Å². The van der Waals surface area contributed by atoms with Crippen molar-refractivity contribution in [3.05, 3.63) is 40.4 Å². The lowest BCUT2D eigenvalue weighted by Gasteiger charge is -2.14. The molecule has 0 saturated carbocycles. The summed E-state index contributed by atoms with van der Waals surface area (Å²) < 4.78 is 0. The first-order valence-corrected chi connectivity index (χ1v) is 7.06. The summed E-state index contributed by atoms with van der Waals surface area (Å²) in [5, 5.41) is 3.09. The Kier molecular flexibility index (Phi) is 4.23. The number of anilines is 2. The molecule has 0 radical (unpaired) electrons. The monoisotopic (exact) mass is 304 g/mol. The Balaban J connectivity index is 2.30. The Bertz CT molecular complexity index is 694. The summed E-state index contributed by atoms with van der Waals surface area (Å²) >= 11 is 1.12. The van der Waals surface area contributed by atoms with E-state index < -0.39 is 0 Å². The van der Waals surface area contributed by atoms with Gasteiger partial charge in [-0.3, -0.25) is 9.59 Å². The van der Waals surface area contributed by atoms with Gasteiger partial charge in [0.1, 0.15) is 4.88 Å². The summed E-state index contributed by atoms with van der Waals surface area (Å²) in [6, 6.07) is 6.87. The summed E-state index contributed by atoms with van der Waals surface area (Å²) in [5.74, 6) is -0.493. The van der Waals surface area contributed by atoms with Gasteiger partial charge in [0.2, 0.25) is 0 Å². The standard InChI is InChI=1S/C14H16N4O2S/c1-8-11(21-14(15)16-8)12(19)17-10-7-5-4-6-9(10)13(20)18(2)3/h4-7H,1-3H3,(H2,15,16)(H,17,19). The van der Waals surface area contributed by atoms with Crippen LogP contribution in [-0.2, 0) is 0 Å². The number of aromatic nitrogens is 1. The van der Waals surface area contributed by atoms with Gasteiger partial charge in [0.05, 0.1) is 16.9 Å². The second-order valence-electron chi connectivity index (χ2n) is 4.67. The van der Waals surface area contributed by atoms with E-state index in [0.717, 1.165) is 11.3 Å². The number of hydrogen-bond acceptors (Lipinski definition) is 5. The van der Waals surface area contributed by atoms with Crippen molar-refractivity contribution in [3.63, 3.8) is 0 Å². The number of benzene rings is 1. The molecule has 0 fully saturated rings. The number of carbonyl (C=O) groups is 2. The van der Waals surface area contributed by atoms with Crippen LogP contribution < -0.4 is 11.1 Å². The number of hydrogen-bond donors (Lipinski definition) is 2. The third-order valence-electron chi connectivity index (χ3n) is 2.83. The minimum absolute atomic E-state index is 0.175. The molecule has 1 aromatic carbocycles. The van der Waals surface area contributed by atoms with Crippen LogP contribution in [0.4, 0.5) is 10.8 Å². The molecule has 2 amide bonds. The third-order valence-corrected chi connectivity index (χ3v) is 3.82. The Morgan fingerprint density at radius 1 is 1.29 bits per heavy atom. The molecule has 1 aromatic heterocycles. The van der Waals surface area contributed by atoms with Gasteiger partial charge < -0.3 is 16.0 Å². The number of amides is 2. The van der Waals surface area contributed by atoms with Gasteiger partial charge in [0.25, 0.3) is 11.8 Å². The lowest BCUT2D eigenvalue weighted by atomic mass is 10.1. The Morgan fingerprint density at radius 3 is 2.52 bits per heavy atom. The second kappa shape index (κ2) is 5.92. The van der Waals surface area contributed by atoms with E-state index in [1.165, 1.54) is 4.90 Å². The van der Waals surface area contributed by atoms with Crippen LogP contribution in [0.25, 0.3) is 0 Å². The van der Waals surface area contributed by atoms with Crippen molar-refractivity contribution < 1.29 is 9.59 Å². The number of nitrogens with two attached hydrogens (primary N) is 1. The van der Waals surface area contributed by atoms with Gasteiger partial charge in [-0.15, -0.1) is 0 Å². The maximum atomic E-state index is 12.3. The van der Waals surface area contributed by atoms with E-state index in [-0.39, 0.29) is 11.8 Å². The van der Waals surface area contributed by atoms with Gasteiger partial charge in [-0.2, -0.15) is 0 Å². The van der Waals surface area contributed by atoms with Gasteiger partial charge in [0.15, 0.2) is 5.13 Å². The lowest BCUT2D eigenvalue weighted by Crippen LogP contribution is -2.24. The second-order valence-corrected chi connectivity index (χ2v) is 5.70. The van der Waals surface area contributed by atoms with Crippen molar-refractivity contribution in [2.45, 2.75) is 6.92 Å². The maximum absolute atomic E-state index is 12.3. The zero-order chi connectivity index (χ0) is 15.6. The van der Waals surface area contributed by atoms with E-state index in [1.807, 2.05) is 0 Å². The van der Waals surface area contributed by atoms with E-state index in [2.05, 4.69) is 10.3 Å². The summed E-state index contributed by atoms with van der Waals surface area (Å²) in [6.45, 7) is 1.72. The third kappa shape index (κ3) is 3.19. The van der Waals surface area contributed by atoms with Crippen LogP contribution in [0.1, 0.15) is 25.7 Å². The first kappa shape index (κ1) is 15.0. The van der Waals surface area contributed by atoms with Crippen molar-refractivity contribution in [1.29, 1.82) is 0 Å². The minimum atomic E-state index is -0.319. The molecule has 1 heterocycles. The molecule has 0 atom stereocenters. The molecule has 110 valence electrons. The Morgan fingerprint density at radius 2 is 1.95 bits per heavy atom. The Hall–Kier alpha value is -2.41. The molecule has 0 aliphatic rings. The van der Waals surface area contributed by atoms with Crippen LogP contribution in [-0.4, -0.2) is 35.8 Å². The van der Waals surface area contributed by atoms with Crippen molar-refractivity contribution in [2.75, 3.05) is 25.1 Å². The number of rotatable bonds is 3. The molecule has 0 saturated heterocycles. The zero-order valence-electron chi connectivity index (χ0n) is 12.0. The molecule has 0 bridgehead atoms. The number of nitrogens with one attached hydrogen (secondary N) is 1. The fourth-order valence-corrected chi connectivity index (χ4v) is 2.56. The van der Waals surface area contributed by atoms with Crippen molar-refractivity contribution in [1.82, 2.24) is 9.88 Å². The molecule has 21 heavy (non-hydrogen) atoms. The molecule has 3 N–H and O–H groups in total. The molecule has 0 aliphatic carbocycles. The van der Waals surface area contributed by atoms with Crippen LogP contribution in [0, 0.1) is 6.92 Å². The zero-order valence-corrected chi connectivity index (χ0v) is 12.8. The molecular weight excluding hydrogens is 288 g/mol. The molecule has 0 spiro atoms. The molecule has 7 heteroatoms. The number of nitrogens with zero attached hydrogens (tertiary/aromatic N) is 2. The van der Waals surface area contributed by atoms with Crippen LogP contribution in [0.5, 0.6) is 0 Å². The van der Waals surface area contributed by atoms with Gasteiger partial charge >= 0.3 is 0 Å². The van der Waals surface area contributed by atoms with E-state index in [9.17, 15) is 9.59 Å².